The molecule has 0 saturated heterocycles. The first-order valence-corrected chi connectivity index (χ1v) is 8.49. The van der Waals surface area contributed by atoms with Crippen LogP contribution in [0.15, 0.2) is 47.9 Å². The van der Waals surface area contributed by atoms with E-state index in [1.54, 1.807) is 39.3 Å². The molecule has 0 saturated carbocycles. The third-order valence-corrected chi connectivity index (χ3v) is 4.08. The van der Waals surface area contributed by atoms with Gasteiger partial charge in [0.05, 0.1) is 19.3 Å². The summed E-state index contributed by atoms with van der Waals surface area (Å²) >= 11 is 0. The van der Waals surface area contributed by atoms with Crippen molar-refractivity contribution in [2.75, 3.05) is 17.7 Å². The summed E-state index contributed by atoms with van der Waals surface area (Å²) in [5.41, 5.74) is 1.59. The van der Waals surface area contributed by atoms with Crippen molar-refractivity contribution in [2.24, 2.45) is 0 Å². The molecule has 2 rings (SSSR count). The number of ether oxygens (including phenoxy) is 1. The largest absolute Gasteiger partial charge is 0.497 e. The zero-order chi connectivity index (χ0) is 20.0. The van der Waals surface area contributed by atoms with E-state index < -0.39 is 5.91 Å². The highest BCUT2D eigenvalue weighted by Crippen LogP contribution is 2.21. The number of rotatable bonds is 7. The zero-order valence-electron chi connectivity index (χ0n) is 15.7. The fourth-order valence-electron chi connectivity index (χ4n) is 2.48. The molecule has 0 fully saturated rings. The molecule has 7 heteroatoms. The molecule has 0 radical (unpaired) electrons. The van der Waals surface area contributed by atoms with E-state index in [9.17, 15) is 14.4 Å². The summed E-state index contributed by atoms with van der Waals surface area (Å²) in [6, 6.07) is 7.29. The molecule has 0 bridgehead atoms. The molecule has 0 atom stereocenters. The zero-order valence-corrected chi connectivity index (χ0v) is 15.7. The first-order chi connectivity index (χ1) is 12.9. The Balaban J connectivity index is 2.50. The topological polar surface area (TPSA) is 89.4 Å². The molecule has 1 heterocycles. The molecular formula is C20H23N3O4. The highest BCUT2D eigenvalue weighted by Gasteiger charge is 2.16. The highest BCUT2D eigenvalue weighted by molar-refractivity contribution is 6.00. The van der Waals surface area contributed by atoms with Crippen LogP contribution in [0.25, 0.3) is 0 Å². The normalized spacial score (nSPS) is 10.2. The highest BCUT2D eigenvalue weighted by atomic mass is 16.5. The molecule has 0 aliphatic heterocycles. The Labute approximate surface area is 157 Å². The molecule has 0 unspecified atom stereocenters. The molecule has 27 heavy (non-hydrogen) atoms. The van der Waals surface area contributed by atoms with Crippen LogP contribution in [-0.2, 0) is 16.1 Å². The van der Waals surface area contributed by atoms with Gasteiger partial charge in [0.1, 0.15) is 11.4 Å². The molecule has 7 nitrogen and oxygen atoms in total. The minimum absolute atomic E-state index is 0.150. The van der Waals surface area contributed by atoms with E-state index >= 15 is 0 Å². The number of amides is 2. The van der Waals surface area contributed by atoms with Gasteiger partial charge in [-0.1, -0.05) is 25.6 Å². The predicted octanol–water partition coefficient (Wildman–Crippen LogP) is 2.69. The van der Waals surface area contributed by atoms with Crippen LogP contribution in [0.3, 0.4) is 0 Å². The van der Waals surface area contributed by atoms with Crippen molar-refractivity contribution in [1.82, 2.24) is 4.57 Å². The summed E-state index contributed by atoms with van der Waals surface area (Å²) in [6.45, 7) is 7.07. The van der Waals surface area contributed by atoms with Crippen molar-refractivity contribution in [3.63, 3.8) is 0 Å². The number of carbonyl (C=O) groups excluding carboxylic acids is 2. The maximum atomic E-state index is 12.9. The lowest BCUT2D eigenvalue weighted by Gasteiger charge is -2.16. The van der Waals surface area contributed by atoms with Gasteiger partial charge in [-0.15, -0.1) is 0 Å². The van der Waals surface area contributed by atoms with Gasteiger partial charge >= 0.3 is 0 Å². The van der Waals surface area contributed by atoms with Gasteiger partial charge in [0.2, 0.25) is 11.8 Å². The number of aromatic nitrogens is 1. The number of carbonyl (C=O) groups is 2. The van der Waals surface area contributed by atoms with Crippen LogP contribution >= 0.6 is 0 Å². The fourth-order valence-corrected chi connectivity index (χ4v) is 2.48. The summed E-state index contributed by atoms with van der Waals surface area (Å²) in [5, 5.41) is 5.31. The first-order valence-electron chi connectivity index (χ1n) is 8.49. The molecule has 2 aromatic rings. The van der Waals surface area contributed by atoms with Crippen LogP contribution in [0, 0.1) is 6.92 Å². The quantitative estimate of drug-likeness (QED) is 0.735. The van der Waals surface area contributed by atoms with Crippen molar-refractivity contribution in [1.29, 1.82) is 0 Å². The molecule has 1 aromatic carbocycles. The lowest BCUT2D eigenvalue weighted by molar-refractivity contribution is -0.116. The van der Waals surface area contributed by atoms with E-state index in [0.717, 1.165) is 11.6 Å². The molecular weight excluding hydrogens is 346 g/mol. The second-order valence-corrected chi connectivity index (χ2v) is 5.92. The van der Waals surface area contributed by atoms with E-state index in [2.05, 4.69) is 17.2 Å². The Kier molecular flexibility index (Phi) is 6.54. The van der Waals surface area contributed by atoms with Gasteiger partial charge in [0, 0.05) is 18.2 Å². The number of nitrogens with one attached hydrogen (secondary N) is 2. The number of benzene rings is 1. The maximum Gasteiger partial charge on any atom is 0.275 e. The lowest BCUT2D eigenvalue weighted by atomic mass is 10.1. The van der Waals surface area contributed by atoms with E-state index in [0.29, 0.717) is 17.0 Å². The number of hydrogen-bond acceptors (Lipinski definition) is 4. The smallest absolute Gasteiger partial charge is 0.275 e. The number of anilines is 2. The Morgan fingerprint density at radius 1 is 1.22 bits per heavy atom. The number of nitrogens with zero attached hydrogens (tertiary/aromatic N) is 1. The molecule has 142 valence electrons. The van der Waals surface area contributed by atoms with Gasteiger partial charge in [-0.2, -0.15) is 0 Å². The summed E-state index contributed by atoms with van der Waals surface area (Å²) < 4.78 is 6.58. The van der Waals surface area contributed by atoms with Crippen molar-refractivity contribution in [3.8, 4) is 5.75 Å². The van der Waals surface area contributed by atoms with Crippen LogP contribution in [0.2, 0.25) is 0 Å². The fraction of sp³-hybridized carbons (Fsp3) is 0.250. The van der Waals surface area contributed by atoms with Crippen molar-refractivity contribution < 1.29 is 14.3 Å². The van der Waals surface area contributed by atoms with Gasteiger partial charge in [0.15, 0.2) is 0 Å². The Bertz CT molecular complexity index is 914. The van der Waals surface area contributed by atoms with Gasteiger partial charge in [0.25, 0.3) is 5.56 Å². The molecule has 2 N–H and O–H groups in total. The van der Waals surface area contributed by atoms with E-state index in [1.165, 1.54) is 4.57 Å². The summed E-state index contributed by atoms with van der Waals surface area (Å²) in [7, 11) is 1.58. The third-order valence-electron chi connectivity index (χ3n) is 4.08. The minimum atomic E-state index is -0.402. The van der Waals surface area contributed by atoms with Crippen molar-refractivity contribution in [3.05, 3.63) is 64.6 Å². The Morgan fingerprint density at radius 2 is 1.89 bits per heavy atom. The average Bonchev–Trinajstić information content (AvgIpc) is 2.68. The standard InChI is InChI=1S/C20H23N3O4/c1-5-17(24)21-16-12-23(11-14-7-9-15(27-4)10-8-14)20(26)19(13(16)3)22-18(25)6-2/h5,7-10,12H,1,6,11H2,2-4H3,(H,21,24)(H,22,25). The van der Waals surface area contributed by atoms with Crippen molar-refractivity contribution >= 4 is 23.2 Å². The number of pyridine rings is 1. The van der Waals surface area contributed by atoms with Crippen LogP contribution in [0.1, 0.15) is 24.5 Å². The molecule has 0 spiro atoms. The average molecular weight is 369 g/mol. The van der Waals surface area contributed by atoms with Crippen molar-refractivity contribution in [2.45, 2.75) is 26.8 Å². The minimum Gasteiger partial charge on any atom is -0.497 e. The number of methoxy groups -OCH3 is 1. The van der Waals surface area contributed by atoms with Crippen LogP contribution in [-0.4, -0.2) is 23.5 Å². The maximum absolute atomic E-state index is 12.9. The van der Waals surface area contributed by atoms with Gasteiger partial charge < -0.3 is 19.9 Å². The summed E-state index contributed by atoms with van der Waals surface area (Å²) in [6.07, 6.45) is 2.94. The predicted molar refractivity (Wildman–Crippen MR) is 105 cm³/mol. The Hall–Kier alpha value is -3.35. The van der Waals surface area contributed by atoms with Gasteiger partial charge in [-0.25, -0.2) is 0 Å². The molecule has 0 aliphatic carbocycles. The third kappa shape index (κ3) is 4.84. The van der Waals surface area contributed by atoms with E-state index in [4.69, 9.17) is 4.74 Å². The first kappa shape index (κ1) is 20.0. The summed E-state index contributed by atoms with van der Waals surface area (Å²) in [5.74, 6) is 0.0312. The second-order valence-electron chi connectivity index (χ2n) is 5.92. The Morgan fingerprint density at radius 3 is 2.44 bits per heavy atom. The van der Waals surface area contributed by atoms with Crippen LogP contribution in [0.5, 0.6) is 5.75 Å². The van der Waals surface area contributed by atoms with E-state index in [-0.39, 0.29) is 30.1 Å². The second kappa shape index (κ2) is 8.84. The monoisotopic (exact) mass is 369 g/mol. The molecule has 0 aliphatic rings. The summed E-state index contributed by atoms with van der Waals surface area (Å²) in [4.78, 5) is 36.4. The van der Waals surface area contributed by atoms with Crippen LogP contribution in [0.4, 0.5) is 11.4 Å². The number of hydrogen-bond donors (Lipinski definition) is 2. The molecule has 2 amide bonds. The lowest BCUT2D eigenvalue weighted by Crippen LogP contribution is -2.28. The van der Waals surface area contributed by atoms with Gasteiger partial charge in [-0.3, -0.25) is 14.4 Å². The SMILES string of the molecule is C=CC(=O)Nc1cn(Cc2ccc(OC)cc2)c(=O)c(NC(=O)CC)c1C. The van der Waals surface area contributed by atoms with E-state index in [1.807, 2.05) is 12.1 Å². The van der Waals surface area contributed by atoms with Crippen LogP contribution < -0.4 is 20.9 Å². The van der Waals surface area contributed by atoms with Gasteiger partial charge in [-0.05, 0) is 30.7 Å². The molecule has 1 aromatic heterocycles.